The zero-order chi connectivity index (χ0) is 22.7. The minimum Gasteiger partial charge on any atom is -0.483 e. The second-order valence-electron chi connectivity index (χ2n) is 8.09. The number of carbonyl (C=O) groups is 2. The van der Waals surface area contributed by atoms with Crippen LogP contribution in [0.25, 0.3) is 11.1 Å². The fraction of sp³-hybridized carbons (Fsp3) is 0.308. The average Bonchev–Trinajstić information content (AvgIpc) is 3.21. The molecule has 0 saturated heterocycles. The van der Waals surface area contributed by atoms with Crippen molar-refractivity contribution in [1.82, 2.24) is 0 Å². The summed E-state index contributed by atoms with van der Waals surface area (Å²) in [7, 11) is 1.35. The third-order valence-corrected chi connectivity index (χ3v) is 6.74. The molecule has 6 heteroatoms. The number of benzene rings is 2. The van der Waals surface area contributed by atoms with Crippen LogP contribution in [0.3, 0.4) is 0 Å². The molecule has 1 aliphatic rings. The Hall–Kier alpha value is -3.12. The van der Waals surface area contributed by atoms with Gasteiger partial charge in [0.05, 0.1) is 7.11 Å². The second-order valence-corrected chi connectivity index (χ2v) is 8.97. The van der Waals surface area contributed by atoms with E-state index in [-0.39, 0.29) is 12.5 Å². The summed E-state index contributed by atoms with van der Waals surface area (Å²) in [5.41, 5.74) is 6.79. The van der Waals surface area contributed by atoms with Crippen LogP contribution in [-0.4, -0.2) is 25.6 Å². The largest absolute Gasteiger partial charge is 0.483 e. The molecule has 0 unspecified atom stereocenters. The Morgan fingerprint density at radius 1 is 1.03 bits per heavy atom. The molecular formula is C26H27NO4S. The van der Waals surface area contributed by atoms with E-state index in [1.54, 1.807) is 0 Å². The number of hydrogen-bond donors (Lipinski definition) is 1. The Kier molecular flexibility index (Phi) is 6.61. The molecule has 1 aliphatic carbocycles. The molecular weight excluding hydrogens is 422 g/mol. The lowest BCUT2D eigenvalue weighted by Gasteiger charge is -2.17. The quantitative estimate of drug-likeness (QED) is 0.489. The van der Waals surface area contributed by atoms with Gasteiger partial charge in [0.25, 0.3) is 5.91 Å². The molecule has 0 spiro atoms. The van der Waals surface area contributed by atoms with Crippen molar-refractivity contribution in [3.63, 3.8) is 0 Å². The van der Waals surface area contributed by atoms with Crippen molar-refractivity contribution in [3.8, 4) is 16.9 Å². The Morgan fingerprint density at radius 3 is 2.47 bits per heavy atom. The molecule has 1 amide bonds. The van der Waals surface area contributed by atoms with Gasteiger partial charge in [-0.25, -0.2) is 4.79 Å². The van der Waals surface area contributed by atoms with Crippen molar-refractivity contribution < 1.29 is 19.1 Å². The lowest BCUT2D eigenvalue weighted by Crippen LogP contribution is -2.21. The highest BCUT2D eigenvalue weighted by molar-refractivity contribution is 7.15. The van der Waals surface area contributed by atoms with Crippen LogP contribution in [0.1, 0.15) is 45.5 Å². The molecule has 0 aliphatic heterocycles. The maximum Gasteiger partial charge on any atom is 0.341 e. The maximum atomic E-state index is 12.6. The molecule has 2 aromatic carbocycles. The van der Waals surface area contributed by atoms with Crippen molar-refractivity contribution in [2.45, 2.75) is 39.5 Å². The Morgan fingerprint density at radius 2 is 1.75 bits per heavy atom. The summed E-state index contributed by atoms with van der Waals surface area (Å²) < 4.78 is 10.8. The molecule has 1 N–H and O–H groups in total. The SMILES string of the molecule is COC(=O)c1c(-c2ccc3c(c2)CCCC3)csc1NC(=O)COc1c(C)cccc1C. The number of ether oxygens (including phenoxy) is 2. The van der Waals surface area contributed by atoms with Crippen LogP contribution < -0.4 is 10.1 Å². The van der Waals surface area contributed by atoms with E-state index in [1.807, 2.05) is 43.5 Å². The average molecular weight is 450 g/mol. The topological polar surface area (TPSA) is 64.6 Å². The summed E-state index contributed by atoms with van der Waals surface area (Å²) >= 11 is 1.32. The second kappa shape index (κ2) is 9.57. The number of carbonyl (C=O) groups excluding carboxylic acids is 2. The number of amides is 1. The predicted octanol–water partition coefficient (Wildman–Crippen LogP) is 5.71. The number of thiophene rings is 1. The molecule has 166 valence electrons. The molecule has 32 heavy (non-hydrogen) atoms. The number of methoxy groups -OCH3 is 1. The molecule has 4 rings (SSSR count). The molecule has 0 radical (unpaired) electrons. The van der Waals surface area contributed by atoms with E-state index in [9.17, 15) is 9.59 Å². The number of fused-ring (bicyclic) bond motifs is 1. The zero-order valence-corrected chi connectivity index (χ0v) is 19.4. The first-order chi connectivity index (χ1) is 15.5. The number of rotatable bonds is 6. The van der Waals surface area contributed by atoms with Gasteiger partial charge in [-0.2, -0.15) is 0 Å². The smallest absolute Gasteiger partial charge is 0.341 e. The van der Waals surface area contributed by atoms with Gasteiger partial charge >= 0.3 is 5.97 Å². The number of anilines is 1. The summed E-state index contributed by atoms with van der Waals surface area (Å²) in [5.74, 6) is -0.0849. The van der Waals surface area contributed by atoms with Crippen LogP contribution >= 0.6 is 11.3 Å². The Labute approximate surface area is 192 Å². The monoisotopic (exact) mass is 449 g/mol. The number of nitrogens with one attached hydrogen (secondary N) is 1. The van der Waals surface area contributed by atoms with Crippen LogP contribution in [0.15, 0.2) is 41.8 Å². The Balaban J connectivity index is 1.56. The van der Waals surface area contributed by atoms with Gasteiger partial charge in [-0.3, -0.25) is 4.79 Å². The molecule has 1 heterocycles. The van der Waals surface area contributed by atoms with Gasteiger partial charge in [0.15, 0.2) is 6.61 Å². The van der Waals surface area contributed by atoms with E-state index in [4.69, 9.17) is 9.47 Å². The number of para-hydroxylation sites is 1. The standard InChI is InChI=1S/C26H27NO4S/c1-16-7-6-8-17(2)24(16)31-14-22(28)27-25-23(26(29)30-3)21(15-32-25)20-12-11-18-9-4-5-10-19(18)13-20/h6-8,11-13,15H,4-5,9-10,14H2,1-3H3,(H,27,28). The van der Waals surface area contributed by atoms with Crippen molar-refractivity contribution in [3.05, 3.63) is 69.6 Å². The fourth-order valence-electron chi connectivity index (χ4n) is 4.20. The molecule has 3 aromatic rings. The Bertz CT molecular complexity index is 1140. The van der Waals surface area contributed by atoms with Crippen LogP contribution in [0.4, 0.5) is 5.00 Å². The van der Waals surface area contributed by atoms with Gasteiger partial charge in [-0.1, -0.05) is 36.4 Å². The first kappa shape index (κ1) is 22.1. The summed E-state index contributed by atoms with van der Waals surface area (Å²) in [6, 6.07) is 12.2. The molecule has 5 nitrogen and oxygen atoms in total. The first-order valence-corrected chi connectivity index (χ1v) is 11.7. The minimum absolute atomic E-state index is 0.140. The normalized spacial score (nSPS) is 12.7. The van der Waals surface area contributed by atoms with Gasteiger partial charge < -0.3 is 14.8 Å². The van der Waals surface area contributed by atoms with Crippen molar-refractivity contribution in [1.29, 1.82) is 0 Å². The van der Waals surface area contributed by atoms with Gasteiger partial charge in [0, 0.05) is 10.9 Å². The van der Waals surface area contributed by atoms with Gasteiger partial charge in [-0.05, 0) is 67.3 Å². The van der Waals surface area contributed by atoms with Crippen LogP contribution in [0, 0.1) is 13.8 Å². The fourth-order valence-corrected chi connectivity index (χ4v) is 5.17. The van der Waals surface area contributed by atoms with E-state index >= 15 is 0 Å². The molecule has 0 saturated carbocycles. The molecule has 0 atom stereocenters. The zero-order valence-electron chi connectivity index (χ0n) is 18.6. The predicted molar refractivity (Wildman–Crippen MR) is 128 cm³/mol. The maximum absolute atomic E-state index is 12.6. The number of esters is 1. The lowest BCUT2D eigenvalue weighted by molar-refractivity contribution is -0.118. The van der Waals surface area contributed by atoms with Gasteiger partial charge in [-0.15, -0.1) is 11.3 Å². The van der Waals surface area contributed by atoms with Crippen LogP contribution in [0.5, 0.6) is 5.75 Å². The molecule has 1 aromatic heterocycles. The highest BCUT2D eigenvalue weighted by atomic mass is 32.1. The van der Waals surface area contributed by atoms with E-state index in [2.05, 4.69) is 17.4 Å². The van der Waals surface area contributed by atoms with Crippen molar-refractivity contribution >= 4 is 28.2 Å². The summed E-state index contributed by atoms with van der Waals surface area (Å²) in [5, 5.41) is 5.21. The summed E-state index contributed by atoms with van der Waals surface area (Å²) in [6.45, 7) is 3.75. The van der Waals surface area contributed by atoms with Gasteiger partial charge in [0.1, 0.15) is 16.3 Å². The molecule has 0 fully saturated rings. The molecule has 0 bridgehead atoms. The lowest BCUT2D eigenvalue weighted by atomic mass is 9.89. The summed E-state index contributed by atoms with van der Waals surface area (Å²) in [6.07, 6.45) is 4.56. The van der Waals surface area contributed by atoms with Gasteiger partial charge in [0.2, 0.25) is 0 Å². The first-order valence-electron chi connectivity index (χ1n) is 10.8. The van der Waals surface area contributed by atoms with E-state index in [0.29, 0.717) is 16.3 Å². The number of hydrogen-bond acceptors (Lipinski definition) is 5. The summed E-state index contributed by atoms with van der Waals surface area (Å²) in [4.78, 5) is 25.3. The van der Waals surface area contributed by atoms with E-state index < -0.39 is 5.97 Å². The van der Waals surface area contributed by atoms with E-state index in [0.717, 1.165) is 35.1 Å². The van der Waals surface area contributed by atoms with E-state index in [1.165, 1.54) is 42.4 Å². The third-order valence-electron chi connectivity index (χ3n) is 5.85. The minimum atomic E-state index is -0.468. The van der Waals surface area contributed by atoms with Crippen molar-refractivity contribution in [2.75, 3.05) is 19.0 Å². The third kappa shape index (κ3) is 4.55. The van der Waals surface area contributed by atoms with Crippen LogP contribution in [0.2, 0.25) is 0 Å². The van der Waals surface area contributed by atoms with Crippen molar-refractivity contribution in [2.24, 2.45) is 0 Å². The highest BCUT2D eigenvalue weighted by Crippen LogP contribution is 2.37. The number of aryl methyl sites for hydroxylation is 4. The highest BCUT2D eigenvalue weighted by Gasteiger charge is 2.23. The van der Waals surface area contributed by atoms with Crippen LogP contribution in [-0.2, 0) is 22.4 Å².